The summed E-state index contributed by atoms with van der Waals surface area (Å²) >= 11 is 2.21. The molecule has 0 saturated carbocycles. The molecule has 1 unspecified atom stereocenters. The quantitative estimate of drug-likeness (QED) is 0.718. The summed E-state index contributed by atoms with van der Waals surface area (Å²) in [6, 6.07) is 5.02. The predicted molar refractivity (Wildman–Crippen MR) is 80.0 cm³/mol. The SMILES string of the molecule is CC(=O)NC(Cc1c[nH]c2ccc(I)cc12)C(=O)O. The summed E-state index contributed by atoms with van der Waals surface area (Å²) in [6.07, 6.45) is 2.05. The van der Waals surface area contributed by atoms with E-state index in [1.807, 2.05) is 18.2 Å². The molecule has 3 N–H and O–H groups in total. The Kier molecular flexibility index (Phi) is 4.08. The molecule has 2 rings (SSSR count). The molecule has 0 spiro atoms. The van der Waals surface area contributed by atoms with E-state index in [0.717, 1.165) is 20.0 Å². The van der Waals surface area contributed by atoms with Crippen LogP contribution in [0.2, 0.25) is 0 Å². The first-order valence-electron chi connectivity index (χ1n) is 5.73. The second kappa shape index (κ2) is 5.60. The van der Waals surface area contributed by atoms with E-state index in [2.05, 4.69) is 32.9 Å². The molecule has 0 bridgehead atoms. The minimum Gasteiger partial charge on any atom is -0.480 e. The van der Waals surface area contributed by atoms with Crippen molar-refractivity contribution in [1.29, 1.82) is 0 Å². The van der Waals surface area contributed by atoms with Gasteiger partial charge in [-0.15, -0.1) is 0 Å². The van der Waals surface area contributed by atoms with Crippen molar-refractivity contribution in [3.05, 3.63) is 33.5 Å². The number of hydrogen-bond donors (Lipinski definition) is 3. The number of halogens is 1. The van der Waals surface area contributed by atoms with Crippen molar-refractivity contribution in [1.82, 2.24) is 10.3 Å². The highest BCUT2D eigenvalue weighted by Gasteiger charge is 2.20. The van der Waals surface area contributed by atoms with Gasteiger partial charge in [0, 0.05) is 34.0 Å². The Morgan fingerprint density at radius 3 is 2.84 bits per heavy atom. The van der Waals surface area contributed by atoms with Gasteiger partial charge in [-0.2, -0.15) is 0 Å². The van der Waals surface area contributed by atoms with Gasteiger partial charge in [0.1, 0.15) is 6.04 Å². The summed E-state index contributed by atoms with van der Waals surface area (Å²) in [5.74, 6) is -1.38. The van der Waals surface area contributed by atoms with Crippen LogP contribution in [-0.4, -0.2) is 28.0 Å². The molecule has 0 radical (unpaired) electrons. The zero-order valence-electron chi connectivity index (χ0n) is 10.2. The molecule has 19 heavy (non-hydrogen) atoms. The van der Waals surface area contributed by atoms with Crippen molar-refractivity contribution >= 4 is 45.4 Å². The van der Waals surface area contributed by atoms with E-state index in [0.29, 0.717) is 0 Å². The van der Waals surface area contributed by atoms with Crippen LogP contribution in [-0.2, 0) is 16.0 Å². The molecule has 0 aliphatic heterocycles. The number of benzene rings is 1. The summed E-state index contributed by atoms with van der Waals surface area (Å²) < 4.78 is 1.08. The third-order valence-electron chi connectivity index (χ3n) is 2.83. The van der Waals surface area contributed by atoms with Gasteiger partial charge in [-0.1, -0.05) is 0 Å². The van der Waals surface area contributed by atoms with Crippen LogP contribution in [0.4, 0.5) is 0 Å². The lowest BCUT2D eigenvalue weighted by molar-refractivity contribution is -0.141. The topological polar surface area (TPSA) is 82.2 Å². The summed E-state index contributed by atoms with van der Waals surface area (Å²) in [5, 5.41) is 12.6. The smallest absolute Gasteiger partial charge is 0.326 e. The van der Waals surface area contributed by atoms with Crippen molar-refractivity contribution in [3.8, 4) is 0 Å². The number of aromatic nitrogens is 1. The lowest BCUT2D eigenvalue weighted by atomic mass is 10.1. The van der Waals surface area contributed by atoms with E-state index in [4.69, 9.17) is 5.11 Å². The highest BCUT2D eigenvalue weighted by atomic mass is 127. The minimum atomic E-state index is -1.03. The maximum absolute atomic E-state index is 11.1. The Bertz CT molecular complexity index is 636. The number of amides is 1. The normalized spacial score (nSPS) is 12.3. The van der Waals surface area contributed by atoms with Crippen LogP contribution >= 0.6 is 22.6 Å². The summed E-state index contributed by atoms with van der Waals surface area (Å²) in [7, 11) is 0. The van der Waals surface area contributed by atoms with Crippen molar-refractivity contribution in [3.63, 3.8) is 0 Å². The average molecular weight is 372 g/mol. The Labute approximate surface area is 123 Å². The van der Waals surface area contributed by atoms with Gasteiger partial charge < -0.3 is 15.4 Å². The standard InChI is InChI=1S/C13H13IN2O3/c1-7(17)16-12(13(18)19)4-8-6-15-11-3-2-9(14)5-10(8)11/h2-3,5-6,12,15H,4H2,1H3,(H,16,17)(H,18,19). The van der Waals surface area contributed by atoms with Crippen LogP contribution in [0.5, 0.6) is 0 Å². The Hall–Kier alpha value is -1.57. The minimum absolute atomic E-state index is 0.259. The molecule has 0 aliphatic carbocycles. The molecule has 1 heterocycles. The van der Waals surface area contributed by atoms with Gasteiger partial charge in [0.15, 0.2) is 0 Å². The van der Waals surface area contributed by atoms with Crippen molar-refractivity contribution < 1.29 is 14.7 Å². The number of aliphatic carboxylic acids is 1. The van der Waals surface area contributed by atoms with Crippen molar-refractivity contribution in [2.24, 2.45) is 0 Å². The number of H-pyrrole nitrogens is 1. The molecule has 1 amide bonds. The van der Waals surface area contributed by atoms with Crippen LogP contribution in [0.1, 0.15) is 12.5 Å². The number of carboxylic acids is 1. The maximum Gasteiger partial charge on any atom is 0.326 e. The first kappa shape index (κ1) is 13.9. The van der Waals surface area contributed by atoms with Gasteiger partial charge in [-0.05, 0) is 46.4 Å². The van der Waals surface area contributed by atoms with E-state index < -0.39 is 12.0 Å². The molecule has 1 atom stereocenters. The fraction of sp³-hybridized carbons (Fsp3) is 0.231. The number of hydrogen-bond acceptors (Lipinski definition) is 2. The maximum atomic E-state index is 11.1. The van der Waals surface area contributed by atoms with Gasteiger partial charge in [0.25, 0.3) is 0 Å². The molecule has 5 nitrogen and oxygen atoms in total. The number of fused-ring (bicyclic) bond motifs is 1. The van der Waals surface area contributed by atoms with Crippen molar-refractivity contribution in [2.75, 3.05) is 0 Å². The summed E-state index contributed by atoms with van der Waals surface area (Å²) in [4.78, 5) is 25.3. The van der Waals surface area contributed by atoms with Crippen LogP contribution in [0.3, 0.4) is 0 Å². The molecule has 0 saturated heterocycles. The van der Waals surface area contributed by atoms with Gasteiger partial charge in [-0.3, -0.25) is 4.79 Å². The van der Waals surface area contributed by atoms with Crippen LogP contribution in [0, 0.1) is 3.57 Å². The molecule has 2 aromatic rings. The number of carboxylic acid groups (broad SMARTS) is 1. The van der Waals surface area contributed by atoms with E-state index in [-0.39, 0.29) is 12.3 Å². The number of carbonyl (C=O) groups is 2. The molecule has 1 aromatic carbocycles. The van der Waals surface area contributed by atoms with E-state index in [9.17, 15) is 9.59 Å². The Morgan fingerprint density at radius 1 is 1.47 bits per heavy atom. The second-order valence-corrected chi connectivity index (χ2v) is 5.54. The fourth-order valence-corrected chi connectivity index (χ4v) is 2.48. The molecule has 100 valence electrons. The number of rotatable bonds is 4. The first-order valence-corrected chi connectivity index (χ1v) is 6.80. The highest BCUT2D eigenvalue weighted by molar-refractivity contribution is 14.1. The zero-order chi connectivity index (χ0) is 14.0. The zero-order valence-corrected chi connectivity index (χ0v) is 12.4. The van der Waals surface area contributed by atoms with Gasteiger partial charge in [0.2, 0.25) is 5.91 Å². The first-order chi connectivity index (χ1) is 8.97. The molecule has 0 aliphatic rings. The van der Waals surface area contributed by atoms with E-state index in [1.54, 1.807) is 6.20 Å². The molecule has 6 heteroatoms. The molecule has 1 aromatic heterocycles. The largest absolute Gasteiger partial charge is 0.480 e. The highest BCUT2D eigenvalue weighted by Crippen LogP contribution is 2.22. The van der Waals surface area contributed by atoms with Crippen LogP contribution in [0.25, 0.3) is 10.9 Å². The molecule has 0 fully saturated rings. The van der Waals surface area contributed by atoms with Crippen molar-refractivity contribution in [2.45, 2.75) is 19.4 Å². The predicted octanol–water partition coefficient (Wildman–Crippen LogP) is 1.90. The van der Waals surface area contributed by atoms with E-state index >= 15 is 0 Å². The monoisotopic (exact) mass is 372 g/mol. The third-order valence-corrected chi connectivity index (χ3v) is 3.50. The number of nitrogens with one attached hydrogen (secondary N) is 2. The van der Waals surface area contributed by atoms with Gasteiger partial charge in [0.05, 0.1) is 0 Å². The lowest BCUT2D eigenvalue weighted by Crippen LogP contribution is -2.41. The summed E-state index contributed by atoms with van der Waals surface area (Å²) in [6.45, 7) is 1.31. The van der Waals surface area contributed by atoms with Gasteiger partial charge >= 0.3 is 5.97 Å². The fourth-order valence-electron chi connectivity index (χ4n) is 1.98. The summed E-state index contributed by atoms with van der Waals surface area (Å²) in [5.41, 5.74) is 1.84. The molecular formula is C13H13IN2O3. The van der Waals surface area contributed by atoms with E-state index in [1.165, 1.54) is 6.92 Å². The number of aromatic amines is 1. The van der Waals surface area contributed by atoms with Crippen LogP contribution in [0.15, 0.2) is 24.4 Å². The van der Waals surface area contributed by atoms with Crippen LogP contribution < -0.4 is 5.32 Å². The third kappa shape index (κ3) is 3.25. The lowest BCUT2D eigenvalue weighted by Gasteiger charge is -2.12. The Morgan fingerprint density at radius 2 is 2.21 bits per heavy atom. The van der Waals surface area contributed by atoms with Gasteiger partial charge in [-0.25, -0.2) is 4.79 Å². The Balaban J connectivity index is 2.31. The average Bonchev–Trinajstić information content (AvgIpc) is 2.70. The number of carbonyl (C=O) groups excluding carboxylic acids is 1. The second-order valence-electron chi connectivity index (χ2n) is 4.30. The molecular weight excluding hydrogens is 359 g/mol.